The Morgan fingerprint density at radius 3 is 2.52 bits per heavy atom. The van der Waals surface area contributed by atoms with E-state index in [4.69, 9.17) is 0 Å². The van der Waals surface area contributed by atoms with Gasteiger partial charge in [0.15, 0.2) is 6.54 Å². The van der Waals surface area contributed by atoms with E-state index in [1.807, 2.05) is 17.5 Å². The molecule has 134 valence electrons. The Labute approximate surface area is 152 Å². The lowest BCUT2D eigenvalue weighted by Gasteiger charge is -2.31. The van der Waals surface area contributed by atoms with Crippen molar-refractivity contribution >= 4 is 17.2 Å². The first kappa shape index (κ1) is 18.1. The molecular formula is C20H26FN2OS+. The molecule has 1 amide bonds. The van der Waals surface area contributed by atoms with Gasteiger partial charge in [-0.2, -0.15) is 0 Å². The van der Waals surface area contributed by atoms with E-state index in [1.165, 1.54) is 23.5 Å². The smallest absolute Gasteiger partial charge is 0.275 e. The summed E-state index contributed by atoms with van der Waals surface area (Å²) in [7, 11) is 0. The molecule has 0 saturated carbocycles. The van der Waals surface area contributed by atoms with Crippen molar-refractivity contribution in [3.8, 4) is 0 Å². The van der Waals surface area contributed by atoms with Crippen LogP contribution in [0.4, 0.5) is 4.39 Å². The van der Waals surface area contributed by atoms with Crippen LogP contribution in [0.1, 0.15) is 36.8 Å². The molecule has 0 aliphatic carbocycles. The molecule has 2 N–H and O–H groups in total. The number of amides is 1. The number of thiophene rings is 1. The van der Waals surface area contributed by atoms with Gasteiger partial charge in [0.1, 0.15) is 5.82 Å². The van der Waals surface area contributed by atoms with Crippen molar-refractivity contribution in [2.45, 2.75) is 26.3 Å². The minimum atomic E-state index is -0.263. The van der Waals surface area contributed by atoms with Gasteiger partial charge in [-0.15, -0.1) is 11.3 Å². The first-order valence-electron chi connectivity index (χ1n) is 8.93. The molecule has 0 radical (unpaired) electrons. The molecule has 5 heteroatoms. The van der Waals surface area contributed by atoms with E-state index < -0.39 is 0 Å². The SMILES string of the molecule is C[C@@H]1C[C@@H](C)C[NH+](CC(=O)N[C@@H](c2ccc(F)cc2)c2cccs2)C1. The zero-order valence-corrected chi connectivity index (χ0v) is 15.6. The maximum absolute atomic E-state index is 13.2. The summed E-state index contributed by atoms with van der Waals surface area (Å²) in [6, 6.07) is 10.2. The lowest BCUT2D eigenvalue weighted by Crippen LogP contribution is -3.15. The Hall–Kier alpha value is -1.72. The molecule has 1 saturated heterocycles. The van der Waals surface area contributed by atoms with E-state index >= 15 is 0 Å². The van der Waals surface area contributed by atoms with Crippen LogP contribution in [-0.4, -0.2) is 25.5 Å². The second-order valence-corrected chi connectivity index (χ2v) is 8.33. The van der Waals surface area contributed by atoms with Crippen molar-refractivity contribution in [1.82, 2.24) is 5.32 Å². The van der Waals surface area contributed by atoms with E-state index in [2.05, 4.69) is 19.2 Å². The van der Waals surface area contributed by atoms with Crippen molar-refractivity contribution in [3.05, 3.63) is 58.0 Å². The van der Waals surface area contributed by atoms with Gasteiger partial charge in [0.25, 0.3) is 5.91 Å². The number of quaternary nitrogens is 1. The first-order chi connectivity index (χ1) is 12.0. The third-order valence-corrected chi connectivity index (χ3v) is 5.76. The van der Waals surface area contributed by atoms with E-state index in [0.717, 1.165) is 23.5 Å². The fourth-order valence-electron chi connectivity index (χ4n) is 3.94. The van der Waals surface area contributed by atoms with Crippen molar-refractivity contribution in [1.29, 1.82) is 0 Å². The monoisotopic (exact) mass is 361 g/mol. The summed E-state index contributed by atoms with van der Waals surface area (Å²) >= 11 is 1.60. The number of piperidine rings is 1. The van der Waals surface area contributed by atoms with Crippen LogP contribution in [0.5, 0.6) is 0 Å². The number of hydrogen-bond donors (Lipinski definition) is 2. The number of carbonyl (C=O) groups is 1. The third-order valence-electron chi connectivity index (χ3n) is 4.83. The van der Waals surface area contributed by atoms with Crippen molar-refractivity contribution in [3.63, 3.8) is 0 Å². The van der Waals surface area contributed by atoms with E-state index in [1.54, 1.807) is 23.5 Å². The molecule has 25 heavy (non-hydrogen) atoms. The van der Waals surface area contributed by atoms with Crippen LogP contribution < -0.4 is 10.2 Å². The van der Waals surface area contributed by atoms with Crippen LogP contribution in [-0.2, 0) is 4.79 Å². The lowest BCUT2D eigenvalue weighted by molar-refractivity contribution is -0.904. The summed E-state index contributed by atoms with van der Waals surface area (Å²) < 4.78 is 13.2. The minimum absolute atomic E-state index is 0.0547. The van der Waals surface area contributed by atoms with Crippen LogP contribution in [0.15, 0.2) is 41.8 Å². The average molecular weight is 362 g/mol. The van der Waals surface area contributed by atoms with E-state index in [0.29, 0.717) is 18.4 Å². The highest BCUT2D eigenvalue weighted by molar-refractivity contribution is 7.10. The van der Waals surface area contributed by atoms with Crippen molar-refractivity contribution < 1.29 is 14.1 Å². The van der Waals surface area contributed by atoms with Gasteiger partial charge in [0, 0.05) is 16.7 Å². The zero-order valence-electron chi connectivity index (χ0n) is 14.8. The Kier molecular flexibility index (Phi) is 5.86. The Balaban J connectivity index is 1.70. The molecule has 0 unspecified atom stereocenters. The predicted octanol–water partition coefficient (Wildman–Crippen LogP) is 2.65. The van der Waals surface area contributed by atoms with Gasteiger partial charge < -0.3 is 10.2 Å². The topological polar surface area (TPSA) is 33.5 Å². The van der Waals surface area contributed by atoms with Crippen LogP contribution in [0.2, 0.25) is 0 Å². The summed E-state index contributed by atoms with van der Waals surface area (Å²) in [4.78, 5) is 15.1. The maximum Gasteiger partial charge on any atom is 0.275 e. The second-order valence-electron chi connectivity index (χ2n) is 7.35. The van der Waals surface area contributed by atoms with Crippen LogP contribution >= 0.6 is 11.3 Å². The summed E-state index contributed by atoms with van der Waals surface area (Å²) in [6.45, 7) is 7.13. The highest BCUT2D eigenvalue weighted by Gasteiger charge is 2.28. The van der Waals surface area contributed by atoms with Crippen LogP contribution in [0.25, 0.3) is 0 Å². The average Bonchev–Trinajstić information content (AvgIpc) is 3.06. The predicted molar refractivity (Wildman–Crippen MR) is 99.2 cm³/mol. The molecule has 1 aromatic heterocycles. The van der Waals surface area contributed by atoms with Gasteiger partial charge in [-0.05, 0) is 35.6 Å². The lowest BCUT2D eigenvalue weighted by atomic mass is 9.92. The molecule has 2 aromatic rings. The molecule has 1 fully saturated rings. The number of hydrogen-bond acceptors (Lipinski definition) is 2. The van der Waals surface area contributed by atoms with Crippen LogP contribution in [0.3, 0.4) is 0 Å². The number of carbonyl (C=O) groups excluding carboxylic acids is 1. The summed E-state index contributed by atoms with van der Waals surface area (Å²) in [5.41, 5.74) is 0.910. The molecular weight excluding hydrogens is 335 g/mol. The number of likely N-dealkylation sites (tertiary alicyclic amines) is 1. The van der Waals surface area contributed by atoms with Crippen LogP contribution in [0, 0.1) is 17.7 Å². The van der Waals surface area contributed by atoms with Gasteiger partial charge in [-0.25, -0.2) is 4.39 Å². The fourth-order valence-corrected chi connectivity index (χ4v) is 4.74. The van der Waals surface area contributed by atoms with Gasteiger partial charge in [0.2, 0.25) is 0 Å². The normalized spacial score (nSPS) is 24.7. The molecule has 2 heterocycles. The summed E-state index contributed by atoms with van der Waals surface area (Å²) in [5, 5.41) is 5.16. The van der Waals surface area contributed by atoms with Crippen molar-refractivity contribution in [2.75, 3.05) is 19.6 Å². The number of nitrogens with one attached hydrogen (secondary N) is 2. The number of halogens is 1. The highest BCUT2D eigenvalue weighted by Crippen LogP contribution is 2.26. The third kappa shape index (κ3) is 4.89. The molecule has 0 bridgehead atoms. The van der Waals surface area contributed by atoms with Gasteiger partial charge in [-0.1, -0.05) is 32.0 Å². The summed E-state index contributed by atoms with van der Waals surface area (Å²) in [5.74, 6) is 1.12. The van der Waals surface area contributed by atoms with E-state index in [-0.39, 0.29) is 17.8 Å². The van der Waals surface area contributed by atoms with Crippen molar-refractivity contribution in [2.24, 2.45) is 11.8 Å². The Bertz CT molecular complexity index is 676. The van der Waals surface area contributed by atoms with Gasteiger partial charge in [0.05, 0.1) is 19.1 Å². The zero-order chi connectivity index (χ0) is 17.8. The standard InChI is InChI=1S/C20H25FN2OS/c1-14-10-15(2)12-23(11-14)13-19(24)22-20(18-4-3-9-25-18)16-5-7-17(21)8-6-16/h3-9,14-15,20H,10-13H2,1-2H3,(H,22,24)/p+1/t14-,15-,20+/m1/s1. The maximum atomic E-state index is 13.2. The fraction of sp³-hybridized carbons (Fsp3) is 0.450. The number of benzene rings is 1. The second kappa shape index (κ2) is 8.11. The molecule has 1 aromatic carbocycles. The molecule has 3 atom stereocenters. The minimum Gasteiger partial charge on any atom is -0.339 e. The van der Waals surface area contributed by atoms with Gasteiger partial charge >= 0.3 is 0 Å². The molecule has 3 rings (SSSR count). The quantitative estimate of drug-likeness (QED) is 0.843. The molecule has 1 aliphatic heterocycles. The number of rotatable bonds is 5. The molecule has 3 nitrogen and oxygen atoms in total. The summed E-state index contributed by atoms with van der Waals surface area (Å²) in [6.07, 6.45) is 1.25. The largest absolute Gasteiger partial charge is 0.339 e. The molecule has 1 aliphatic rings. The van der Waals surface area contributed by atoms with Gasteiger partial charge in [-0.3, -0.25) is 4.79 Å². The van der Waals surface area contributed by atoms with E-state index in [9.17, 15) is 9.18 Å². The highest BCUT2D eigenvalue weighted by atomic mass is 32.1. The Morgan fingerprint density at radius 2 is 1.92 bits per heavy atom. The Morgan fingerprint density at radius 1 is 1.24 bits per heavy atom. The molecule has 0 spiro atoms. The first-order valence-corrected chi connectivity index (χ1v) is 9.81.